The fraction of sp³-hybridized carbons (Fsp3) is 0. The molecule has 1 aromatic heterocycles. The Hall–Kier alpha value is -1.78. The molecule has 58 valence electrons. The van der Waals surface area contributed by atoms with Crippen LogP contribution in [0.3, 0.4) is 0 Å². The van der Waals surface area contributed by atoms with E-state index in [2.05, 4.69) is 10.3 Å². The number of nitrogens with one attached hydrogen (secondary N) is 1. The lowest BCUT2D eigenvalue weighted by Gasteiger charge is -2.01. The molecule has 11 heavy (non-hydrogen) atoms. The molecule has 0 radical (unpaired) electrons. The summed E-state index contributed by atoms with van der Waals surface area (Å²) in [6, 6.07) is 0.728. The predicted octanol–water partition coefficient (Wildman–Crippen LogP) is 0.278. The third kappa shape index (κ3) is 1.82. The Morgan fingerprint density at radius 2 is 2.45 bits per heavy atom. The summed E-state index contributed by atoms with van der Waals surface area (Å²) in [5.41, 5.74) is 5.07. The molecule has 0 aliphatic heterocycles. The lowest BCUT2D eigenvalue weighted by molar-refractivity contribution is 0.259. The van der Waals surface area contributed by atoms with Gasteiger partial charge >= 0.3 is 6.03 Å². The number of rotatable bonds is 1. The van der Waals surface area contributed by atoms with E-state index in [9.17, 15) is 4.79 Å². The molecule has 2 amide bonds. The summed E-state index contributed by atoms with van der Waals surface area (Å²) in [5.74, 6) is -0.105. The molecular formula is C6H7N3O2. The number of aromatic nitrogens is 1. The molecule has 0 atom stereocenters. The monoisotopic (exact) mass is 153 g/mol. The number of primary amides is 1. The molecule has 0 saturated carbocycles. The molecule has 0 aliphatic carbocycles. The normalized spacial score (nSPS) is 9.09. The van der Waals surface area contributed by atoms with Crippen LogP contribution in [-0.4, -0.2) is 16.1 Å². The van der Waals surface area contributed by atoms with Crippen LogP contribution in [0, 0.1) is 0 Å². The van der Waals surface area contributed by atoms with Crippen LogP contribution >= 0.6 is 0 Å². The number of aromatic hydroxyl groups is 1. The number of carbonyl (C=O) groups excluding carboxylic acids is 1. The van der Waals surface area contributed by atoms with Gasteiger partial charge in [-0.05, 0) is 6.07 Å². The quantitative estimate of drug-likeness (QED) is 0.541. The van der Waals surface area contributed by atoms with Crippen molar-refractivity contribution in [1.82, 2.24) is 4.98 Å². The number of anilines is 1. The van der Waals surface area contributed by atoms with Crippen molar-refractivity contribution in [1.29, 1.82) is 0 Å². The first kappa shape index (κ1) is 7.33. The molecule has 5 heteroatoms. The number of pyridine rings is 1. The van der Waals surface area contributed by atoms with Crippen LogP contribution in [-0.2, 0) is 0 Å². The van der Waals surface area contributed by atoms with E-state index < -0.39 is 6.03 Å². The second kappa shape index (κ2) is 2.87. The summed E-state index contributed by atoms with van der Waals surface area (Å²) in [5, 5.41) is 11.2. The van der Waals surface area contributed by atoms with Gasteiger partial charge in [0.2, 0.25) is 0 Å². The van der Waals surface area contributed by atoms with E-state index in [-0.39, 0.29) is 11.4 Å². The zero-order valence-corrected chi connectivity index (χ0v) is 5.61. The lowest BCUT2D eigenvalue weighted by atomic mass is 10.4. The van der Waals surface area contributed by atoms with Crippen LogP contribution < -0.4 is 11.1 Å². The zero-order valence-electron chi connectivity index (χ0n) is 5.61. The first-order valence-electron chi connectivity index (χ1n) is 2.89. The molecular weight excluding hydrogens is 146 g/mol. The molecule has 4 N–H and O–H groups in total. The number of urea groups is 1. The van der Waals surface area contributed by atoms with Crippen LogP contribution in [0.4, 0.5) is 10.5 Å². The summed E-state index contributed by atoms with van der Waals surface area (Å²) in [7, 11) is 0. The minimum Gasteiger partial charge on any atom is -0.504 e. The van der Waals surface area contributed by atoms with Gasteiger partial charge in [-0.3, -0.25) is 4.98 Å². The summed E-state index contributed by atoms with van der Waals surface area (Å²) in [6.07, 6.45) is 2.65. The van der Waals surface area contributed by atoms with Crippen molar-refractivity contribution in [2.45, 2.75) is 0 Å². The van der Waals surface area contributed by atoms with Gasteiger partial charge in [0, 0.05) is 6.20 Å². The Morgan fingerprint density at radius 3 is 3.00 bits per heavy atom. The van der Waals surface area contributed by atoms with Gasteiger partial charge < -0.3 is 16.2 Å². The summed E-state index contributed by atoms with van der Waals surface area (Å²) in [4.78, 5) is 13.9. The Labute approximate surface area is 62.9 Å². The third-order valence-corrected chi connectivity index (χ3v) is 1.06. The number of amides is 2. The highest BCUT2D eigenvalue weighted by atomic mass is 16.3. The summed E-state index contributed by atoms with van der Waals surface area (Å²) >= 11 is 0. The topological polar surface area (TPSA) is 88.2 Å². The number of nitrogens with zero attached hydrogens (tertiary/aromatic N) is 1. The van der Waals surface area contributed by atoms with Crippen molar-refractivity contribution in [3.8, 4) is 5.75 Å². The molecule has 0 aromatic carbocycles. The van der Waals surface area contributed by atoms with Crippen molar-refractivity contribution in [3.63, 3.8) is 0 Å². The molecule has 5 nitrogen and oxygen atoms in total. The van der Waals surface area contributed by atoms with Crippen molar-refractivity contribution in [2.24, 2.45) is 5.73 Å². The Morgan fingerprint density at radius 1 is 1.73 bits per heavy atom. The van der Waals surface area contributed by atoms with Gasteiger partial charge in [0.25, 0.3) is 0 Å². The summed E-state index contributed by atoms with van der Waals surface area (Å²) in [6.45, 7) is 0. The van der Waals surface area contributed by atoms with Crippen molar-refractivity contribution < 1.29 is 9.90 Å². The number of nitrogens with two attached hydrogens (primary N) is 1. The Kier molecular flexibility index (Phi) is 1.91. The van der Waals surface area contributed by atoms with Gasteiger partial charge in [-0.2, -0.15) is 0 Å². The molecule has 0 spiro atoms. The standard InChI is InChI=1S/C6H7N3O2/c7-6(11)9-4-1-2-8-3-5(4)10/h1-3,10H,(H3,7,8,9,11). The van der Waals surface area contributed by atoms with E-state index in [1.54, 1.807) is 0 Å². The fourth-order valence-electron chi connectivity index (χ4n) is 0.625. The number of carbonyl (C=O) groups is 1. The van der Waals surface area contributed by atoms with Gasteiger partial charge in [0.05, 0.1) is 11.9 Å². The zero-order chi connectivity index (χ0) is 8.27. The van der Waals surface area contributed by atoms with Gasteiger partial charge in [-0.1, -0.05) is 0 Å². The maximum atomic E-state index is 10.3. The highest BCUT2D eigenvalue weighted by Crippen LogP contribution is 2.19. The van der Waals surface area contributed by atoms with Gasteiger partial charge in [-0.15, -0.1) is 0 Å². The molecule has 0 unspecified atom stereocenters. The van der Waals surface area contributed by atoms with E-state index >= 15 is 0 Å². The predicted molar refractivity (Wildman–Crippen MR) is 39.1 cm³/mol. The smallest absolute Gasteiger partial charge is 0.316 e. The van der Waals surface area contributed by atoms with Gasteiger partial charge in [0.1, 0.15) is 0 Å². The SMILES string of the molecule is NC(=O)Nc1ccncc1O. The molecule has 1 rings (SSSR count). The second-order valence-electron chi connectivity index (χ2n) is 1.88. The molecule has 0 saturated heterocycles. The van der Waals surface area contributed by atoms with E-state index in [1.165, 1.54) is 18.5 Å². The number of hydrogen-bond acceptors (Lipinski definition) is 3. The van der Waals surface area contributed by atoms with Crippen LogP contribution in [0.2, 0.25) is 0 Å². The average molecular weight is 153 g/mol. The van der Waals surface area contributed by atoms with E-state index in [0.29, 0.717) is 0 Å². The first-order valence-corrected chi connectivity index (χ1v) is 2.89. The van der Waals surface area contributed by atoms with E-state index in [0.717, 1.165) is 0 Å². The first-order chi connectivity index (χ1) is 5.20. The third-order valence-electron chi connectivity index (χ3n) is 1.06. The van der Waals surface area contributed by atoms with Crippen molar-refractivity contribution >= 4 is 11.7 Å². The highest BCUT2D eigenvalue weighted by Gasteiger charge is 2.00. The molecule has 1 heterocycles. The fourth-order valence-corrected chi connectivity index (χ4v) is 0.625. The maximum Gasteiger partial charge on any atom is 0.316 e. The van der Waals surface area contributed by atoms with Crippen molar-refractivity contribution in [3.05, 3.63) is 18.5 Å². The van der Waals surface area contributed by atoms with Gasteiger partial charge in [-0.25, -0.2) is 4.79 Å². The highest BCUT2D eigenvalue weighted by molar-refractivity contribution is 5.89. The summed E-state index contributed by atoms with van der Waals surface area (Å²) < 4.78 is 0. The number of hydrogen-bond donors (Lipinski definition) is 3. The molecule has 1 aromatic rings. The second-order valence-corrected chi connectivity index (χ2v) is 1.88. The van der Waals surface area contributed by atoms with Crippen LogP contribution in [0.25, 0.3) is 0 Å². The molecule has 0 fully saturated rings. The minimum absolute atomic E-state index is 0.105. The van der Waals surface area contributed by atoms with Crippen molar-refractivity contribution in [2.75, 3.05) is 5.32 Å². The van der Waals surface area contributed by atoms with E-state index in [1.807, 2.05) is 0 Å². The minimum atomic E-state index is -0.716. The maximum absolute atomic E-state index is 10.3. The Balaban J connectivity index is 2.86. The lowest BCUT2D eigenvalue weighted by Crippen LogP contribution is -2.19. The average Bonchev–Trinajstić information content (AvgIpc) is 1.93. The van der Waals surface area contributed by atoms with E-state index in [4.69, 9.17) is 10.8 Å². The Bertz CT molecular complexity index is 274. The van der Waals surface area contributed by atoms with Crippen LogP contribution in [0.5, 0.6) is 5.75 Å². The largest absolute Gasteiger partial charge is 0.504 e. The van der Waals surface area contributed by atoms with Crippen LogP contribution in [0.15, 0.2) is 18.5 Å². The molecule has 0 bridgehead atoms. The van der Waals surface area contributed by atoms with Gasteiger partial charge in [0.15, 0.2) is 5.75 Å². The molecule has 0 aliphatic rings. The van der Waals surface area contributed by atoms with Crippen LogP contribution in [0.1, 0.15) is 0 Å².